The summed E-state index contributed by atoms with van der Waals surface area (Å²) in [5, 5.41) is 11.5. The number of carbonyl (C=O) groups excluding carboxylic acids is 2. The van der Waals surface area contributed by atoms with E-state index in [1.807, 2.05) is 19.9 Å². The Morgan fingerprint density at radius 2 is 1.75 bits per heavy atom. The van der Waals surface area contributed by atoms with Gasteiger partial charge < -0.3 is 9.64 Å². The van der Waals surface area contributed by atoms with Crippen LogP contribution in [0.2, 0.25) is 0 Å². The van der Waals surface area contributed by atoms with E-state index in [0.717, 1.165) is 5.56 Å². The maximum atomic E-state index is 14.2. The van der Waals surface area contributed by atoms with E-state index in [-0.39, 0.29) is 42.9 Å². The molecule has 0 aliphatic carbocycles. The second-order valence-electron chi connectivity index (χ2n) is 9.72. The first-order valence-corrected chi connectivity index (χ1v) is 12.0. The standard InChI is InChI=1S/C27H28F3N3O3/c1-16(2)13-21(26(35)33-12-11-23-24(33)22(34)15-36-23)32-25(27(28,29)30)20-9-7-19(8-10-20)18-5-3-17(14-31)4-6-18/h3-10,16,21,23-25,32H,11-13,15H2,1-2H3/t21-,23+,24+,25-/m0/s1. The number of benzene rings is 2. The first-order valence-electron chi connectivity index (χ1n) is 12.0. The quantitative estimate of drug-likeness (QED) is 0.611. The first-order chi connectivity index (χ1) is 17.1. The van der Waals surface area contributed by atoms with Crippen molar-refractivity contribution in [2.75, 3.05) is 13.2 Å². The molecule has 36 heavy (non-hydrogen) atoms. The van der Waals surface area contributed by atoms with Crippen molar-refractivity contribution in [3.05, 3.63) is 59.7 Å². The fourth-order valence-electron chi connectivity index (χ4n) is 4.94. The van der Waals surface area contributed by atoms with E-state index in [9.17, 15) is 22.8 Å². The SMILES string of the molecule is CC(C)C[C@H](N[C@@H](c1ccc(-c2ccc(C#N)cc2)cc1)C(F)(F)F)C(=O)N1CC[C@H]2OCC(=O)[C@H]21. The fourth-order valence-corrected chi connectivity index (χ4v) is 4.94. The molecule has 0 radical (unpaired) electrons. The molecule has 0 saturated carbocycles. The summed E-state index contributed by atoms with van der Waals surface area (Å²) >= 11 is 0. The molecule has 1 N–H and O–H groups in total. The van der Waals surface area contributed by atoms with Crippen molar-refractivity contribution in [3.63, 3.8) is 0 Å². The van der Waals surface area contributed by atoms with Crippen molar-refractivity contribution in [1.29, 1.82) is 5.26 Å². The zero-order valence-electron chi connectivity index (χ0n) is 20.1. The number of rotatable bonds is 7. The number of carbonyl (C=O) groups is 2. The molecule has 190 valence electrons. The van der Waals surface area contributed by atoms with Crippen LogP contribution < -0.4 is 5.32 Å². The molecule has 2 heterocycles. The number of nitriles is 1. The molecule has 2 aromatic rings. The van der Waals surface area contributed by atoms with Gasteiger partial charge in [-0.05, 0) is 47.6 Å². The van der Waals surface area contributed by atoms with Gasteiger partial charge in [0.2, 0.25) is 5.91 Å². The summed E-state index contributed by atoms with van der Waals surface area (Å²) in [7, 11) is 0. The molecule has 0 unspecified atom stereocenters. The van der Waals surface area contributed by atoms with Gasteiger partial charge in [0.05, 0.1) is 23.8 Å². The van der Waals surface area contributed by atoms with Crippen molar-refractivity contribution in [1.82, 2.24) is 10.2 Å². The summed E-state index contributed by atoms with van der Waals surface area (Å²) in [4.78, 5) is 27.1. The fraction of sp³-hybridized carbons (Fsp3) is 0.444. The predicted molar refractivity (Wildman–Crippen MR) is 127 cm³/mol. The molecule has 1 amide bonds. The van der Waals surface area contributed by atoms with Gasteiger partial charge in [0.25, 0.3) is 0 Å². The molecule has 2 saturated heterocycles. The number of hydrogen-bond acceptors (Lipinski definition) is 5. The maximum Gasteiger partial charge on any atom is 0.407 e. The van der Waals surface area contributed by atoms with Gasteiger partial charge in [-0.25, -0.2) is 0 Å². The summed E-state index contributed by atoms with van der Waals surface area (Å²) in [5.74, 6) is -0.758. The lowest BCUT2D eigenvalue weighted by Crippen LogP contribution is -2.53. The maximum absolute atomic E-state index is 14.2. The number of nitrogens with one attached hydrogen (secondary N) is 1. The van der Waals surface area contributed by atoms with Gasteiger partial charge in [-0.2, -0.15) is 18.4 Å². The lowest BCUT2D eigenvalue weighted by Gasteiger charge is -2.32. The van der Waals surface area contributed by atoms with E-state index < -0.39 is 30.2 Å². The molecular weight excluding hydrogens is 471 g/mol. The third-order valence-electron chi connectivity index (χ3n) is 6.69. The van der Waals surface area contributed by atoms with Crippen LogP contribution in [0.15, 0.2) is 48.5 Å². The minimum absolute atomic E-state index is 0.0129. The second-order valence-corrected chi connectivity index (χ2v) is 9.72. The lowest BCUT2D eigenvalue weighted by atomic mass is 9.97. The highest BCUT2D eigenvalue weighted by Gasteiger charge is 2.49. The number of nitrogens with zero attached hydrogens (tertiary/aromatic N) is 2. The molecule has 2 fully saturated rings. The average Bonchev–Trinajstić information content (AvgIpc) is 3.43. The van der Waals surface area contributed by atoms with Crippen LogP contribution in [0, 0.1) is 17.2 Å². The Hall–Kier alpha value is -3.22. The topological polar surface area (TPSA) is 82.4 Å². The Labute approximate surface area is 208 Å². The normalized spacial score (nSPS) is 21.4. The van der Waals surface area contributed by atoms with Gasteiger partial charge in [0.1, 0.15) is 18.7 Å². The number of ether oxygens (including phenoxy) is 1. The third-order valence-corrected chi connectivity index (χ3v) is 6.69. The number of ketones is 1. The largest absolute Gasteiger partial charge is 0.407 e. The lowest BCUT2D eigenvalue weighted by molar-refractivity contribution is -0.163. The average molecular weight is 500 g/mol. The summed E-state index contributed by atoms with van der Waals surface area (Å²) in [6.07, 6.45) is -4.34. The van der Waals surface area contributed by atoms with E-state index in [1.165, 1.54) is 17.0 Å². The molecule has 2 aromatic carbocycles. The molecule has 9 heteroatoms. The summed E-state index contributed by atoms with van der Waals surface area (Å²) < 4.78 is 48.1. The Morgan fingerprint density at radius 1 is 1.14 bits per heavy atom. The molecule has 4 rings (SSSR count). The van der Waals surface area contributed by atoms with Crippen molar-refractivity contribution < 1.29 is 27.5 Å². The monoisotopic (exact) mass is 499 g/mol. The second kappa shape index (κ2) is 10.4. The number of amides is 1. The summed E-state index contributed by atoms with van der Waals surface area (Å²) in [5.41, 5.74) is 1.97. The van der Waals surface area contributed by atoms with E-state index in [1.54, 1.807) is 36.4 Å². The number of likely N-dealkylation sites (tertiary alicyclic amines) is 1. The molecule has 0 aromatic heterocycles. The van der Waals surface area contributed by atoms with E-state index in [0.29, 0.717) is 17.5 Å². The number of hydrogen-bond donors (Lipinski definition) is 1. The first kappa shape index (κ1) is 25.9. The van der Waals surface area contributed by atoms with Crippen LogP contribution in [0.25, 0.3) is 11.1 Å². The molecule has 0 bridgehead atoms. The van der Waals surface area contributed by atoms with Crippen LogP contribution in [-0.2, 0) is 14.3 Å². The van der Waals surface area contributed by atoms with Crippen LogP contribution >= 0.6 is 0 Å². The van der Waals surface area contributed by atoms with Crippen LogP contribution in [0.5, 0.6) is 0 Å². The third kappa shape index (κ3) is 5.45. The Balaban J connectivity index is 1.58. The summed E-state index contributed by atoms with van der Waals surface area (Å²) in [6, 6.07) is 10.9. The smallest absolute Gasteiger partial charge is 0.368 e. The molecule has 0 spiro atoms. The van der Waals surface area contributed by atoms with Gasteiger partial charge in [-0.1, -0.05) is 50.2 Å². The molecule has 6 nitrogen and oxygen atoms in total. The van der Waals surface area contributed by atoms with Crippen molar-refractivity contribution in [3.8, 4) is 17.2 Å². The number of alkyl halides is 3. The van der Waals surface area contributed by atoms with E-state index in [4.69, 9.17) is 10.00 Å². The van der Waals surface area contributed by atoms with Crippen molar-refractivity contribution in [2.24, 2.45) is 5.92 Å². The highest BCUT2D eigenvalue weighted by atomic mass is 19.4. The van der Waals surface area contributed by atoms with E-state index in [2.05, 4.69) is 5.32 Å². The molecular formula is C27H28F3N3O3. The summed E-state index contributed by atoms with van der Waals surface area (Å²) in [6.45, 7) is 3.89. The number of halogens is 3. The van der Waals surface area contributed by atoms with Crippen LogP contribution in [0.4, 0.5) is 13.2 Å². The van der Waals surface area contributed by atoms with Crippen LogP contribution in [-0.4, -0.2) is 54.1 Å². The van der Waals surface area contributed by atoms with Gasteiger partial charge in [-0.15, -0.1) is 0 Å². The van der Waals surface area contributed by atoms with Crippen LogP contribution in [0.1, 0.15) is 43.9 Å². The minimum atomic E-state index is -4.65. The molecule has 2 aliphatic rings. The van der Waals surface area contributed by atoms with Crippen molar-refractivity contribution >= 4 is 11.7 Å². The van der Waals surface area contributed by atoms with E-state index >= 15 is 0 Å². The Morgan fingerprint density at radius 3 is 2.31 bits per heavy atom. The molecule has 4 atom stereocenters. The van der Waals surface area contributed by atoms with Gasteiger partial charge in [0.15, 0.2) is 5.78 Å². The predicted octanol–water partition coefficient (Wildman–Crippen LogP) is 4.40. The zero-order chi connectivity index (χ0) is 26.0. The van der Waals surface area contributed by atoms with Gasteiger partial charge >= 0.3 is 6.18 Å². The Bertz CT molecular complexity index is 1140. The molecule has 2 aliphatic heterocycles. The highest BCUT2D eigenvalue weighted by molar-refractivity contribution is 5.94. The number of Topliss-reactive ketones (excluding diaryl/α,β-unsaturated/α-hetero) is 1. The highest BCUT2D eigenvalue weighted by Crippen LogP contribution is 2.35. The minimum Gasteiger partial charge on any atom is -0.368 e. The zero-order valence-corrected chi connectivity index (χ0v) is 20.1. The van der Waals surface area contributed by atoms with Crippen LogP contribution in [0.3, 0.4) is 0 Å². The number of fused-ring (bicyclic) bond motifs is 1. The van der Waals surface area contributed by atoms with Gasteiger partial charge in [-0.3, -0.25) is 14.9 Å². The van der Waals surface area contributed by atoms with Crippen molar-refractivity contribution in [2.45, 2.75) is 57.1 Å². The Kier molecular flexibility index (Phi) is 7.48. The van der Waals surface area contributed by atoms with Gasteiger partial charge in [0, 0.05) is 6.54 Å².